The fourth-order valence-corrected chi connectivity index (χ4v) is 7.14. The monoisotopic (exact) mass is 743 g/mol. The van der Waals surface area contributed by atoms with Gasteiger partial charge in [0.2, 0.25) is 11.5 Å². The van der Waals surface area contributed by atoms with E-state index in [1.165, 1.54) is 27.7 Å². The number of esters is 1. The number of pyridine rings is 1. The molecule has 3 aromatic carbocycles. The number of aromatic nitrogens is 1. The van der Waals surface area contributed by atoms with Crippen LogP contribution < -0.4 is 28.5 Å². The topological polar surface area (TPSA) is 47.3 Å². The lowest BCUT2D eigenvalue weighted by molar-refractivity contribution is -0.598. The van der Waals surface area contributed by atoms with Gasteiger partial charge < -0.3 is 28.7 Å². The molecular formula is C32H27BrINO3S2. The van der Waals surface area contributed by atoms with Crippen LogP contribution in [0.4, 0.5) is 0 Å². The second-order valence-corrected chi connectivity index (χ2v) is 12.3. The van der Waals surface area contributed by atoms with Gasteiger partial charge in [-0.1, -0.05) is 58.4 Å². The molecule has 40 heavy (non-hydrogen) atoms. The van der Waals surface area contributed by atoms with Crippen LogP contribution in [-0.2, 0) is 21.7 Å². The van der Waals surface area contributed by atoms with Crippen LogP contribution in [0.15, 0.2) is 99.9 Å². The molecule has 0 bridgehead atoms. The maximum Gasteiger partial charge on any atom is 0.310 e. The lowest BCUT2D eigenvalue weighted by Crippen LogP contribution is -3.00. The average molecular weight is 745 g/mol. The summed E-state index contributed by atoms with van der Waals surface area (Å²) < 4.78 is 9.22. The number of carbonyl (C=O) groups excluding carboxylic acids is 2. The first-order chi connectivity index (χ1) is 18.9. The van der Waals surface area contributed by atoms with Gasteiger partial charge >= 0.3 is 5.97 Å². The second kappa shape index (κ2) is 13.9. The number of carbonyl (C=O) groups is 2. The van der Waals surface area contributed by atoms with E-state index in [1.54, 1.807) is 30.8 Å². The first-order valence-corrected chi connectivity index (χ1v) is 15.2. The molecule has 204 valence electrons. The van der Waals surface area contributed by atoms with Crippen LogP contribution in [0.5, 0.6) is 0 Å². The third kappa shape index (κ3) is 7.02. The molecular weight excluding hydrogens is 717 g/mol. The lowest BCUT2D eigenvalue weighted by Gasteiger charge is -2.06. The van der Waals surface area contributed by atoms with Crippen molar-refractivity contribution >= 4 is 61.6 Å². The van der Waals surface area contributed by atoms with Gasteiger partial charge in [-0.25, -0.2) is 0 Å². The molecule has 0 saturated carbocycles. The quantitative estimate of drug-likeness (QED) is 0.0711. The number of hydrogen-bond donors (Lipinski definition) is 0. The van der Waals surface area contributed by atoms with Crippen molar-refractivity contribution in [3.8, 4) is 5.69 Å². The van der Waals surface area contributed by atoms with Gasteiger partial charge in [0, 0.05) is 27.9 Å². The smallest absolute Gasteiger partial charge is 0.310 e. The molecule has 2 heterocycles. The van der Waals surface area contributed by atoms with Crippen molar-refractivity contribution in [3.05, 3.63) is 123 Å². The van der Waals surface area contributed by atoms with Gasteiger partial charge in [-0.2, -0.15) is 4.57 Å². The maximum absolute atomic E-state index is 13.8. The van der Waals surface area contributed by atoms with Crippen LogP contribution in [0.25, 0.3) is 16.5 Å². The van der Waals surface area contributed by atoms with Crippen molar-refractivity contribution in [2.75, 3.05) is 6.61 Å². The summed E-state index contributed by atoms with van der Waals surface area (Å²) in [5, 5.41) is 2.40. The SMILES string of the molecule is CCOC(=O)Cc1c(C(=O)c2ccc(Br)cc2)sc(SCc2ccc3ccccc3c2)c1-[n+]1ccc(C)cc1.[I-]. The molecule has 0 fully saturated rings. The molecule has 0 aliphatic carbocycles. The number of fused-ring (bicyclic) bond motifs is 1. The minimum atomic E-state index is -0.347. The number of thioether (sulfide) groups is 1. The minimum absolute atomic E-state index is 0. The Bertz CT molecular complexity index is 1650. The fraction of sp³-hybridized carbons (Fsp3) is 0.156. The first kappa shape index (κ1) is 30.4. The number of nitrogens with zero attached hydrogens (tertiary/aromatic N) is 1. The Morgan fingerprint density at radius 2 is 1.65 bits per heavy atom. The number of hydrogen-bond acceptors (Lipinski definition) is 5. The largest absolute Gasteiger partial charge is 1.00 e. The molecule has 5 aromatic rings. The normalized spacial score (nSPS) is 10.8. The van der Waals surface area contributed by atoms with Gasteiger partial charge in [0.1, 0.15) is 4.21 Å². The summed E-state index contributed by atoms with van der Waals surface area (Å²) >= 11 is 6.58. The third-order valence-corrected chi connectivity index (χ3v) is 9.41. The van der Waals surface area contributed by atoms with E-state index in [2.05, 4.69) is 46.3 Å². The van der Waals surface area contributed by atoms with Gasteiger partial charge in [-0.3, -0.25) is 9.59 Å². The van der Waals surface area contributed by atoms with E-state index in [0.717, 1.165) is 25.7 Å². The second-order valence-electron chi connectivity index (χ2n) is 9.12. The van der Waals surface area contributed by atoms with Crippen molar-refractivity contribution in [3.63, 3.8) is 0 Å². The molecule has 5 rings (SSSR count). The van der Waals surface area contributed by atoms with Crippen molar-refractivity contribution in [1.29, 1.82) is 0 Å². The first-order valence-electron chi connectivity index (χ1n) is 12.6. The maximum atomic E-state index is 13.8. The van der Waals surface area contributed by atoms with E-state index < -0.39 is 0 Å². The molecule has 0 spiro atoms. The Labute approximate surface area is 267 Å². The van der Waals surface area contributed by atoms with Gasteiger partial charge in [-0.05, 0) is 60.0 Å². The molecule has 2 aromatic heterocycles. The number of rotatable bonds is 9. The Hall–Kier alpha value is -2.53. The van der Waals surface area contributed by atoms with E-state index in [4.69, 9.17) is 4.74 Å². The predicted octanol–water partition coefficient (Wildman–Crippen LogP) is 4.88. The molecule has 0 unspecified atom stereocenters. The van der Waals surface area contributed by atoms with E-state index in [-0.39, 0.29) is 48.8 Å². The molecule has 0 N–H and O–H groups in total. The summed E-state index contributed by atoms with van der Waals surface area (Å²) in [5.74, 6) is 0.286. The van der Waals surface area contributed by atoms with E-state index in [1.807, 2.05) is 60.3 Å². The minimum Gasteiger partial charge on any atom is -1.00 e. The number of thiophene rings is 1. The summed E-state index contributed by atoms with van der Waals surface area (Å²) in [4.78, 5) is 27.1. The molecule has 8 heteroatoms. The van der Waals surface area contributed by atoms with Crippen molar-refractivity contribution in [2.24, 2.45) is 0 Å². The Morgan fingerprint density at radius 3 is 2.35 bits per heavy atom. The van der Waals surface area contributed by atoms with Gasteiger partial charge in [0.15, 0.2) is 12.4 Å². The summed E-state index contributed by atoms with van der Waals surface area (Å²) in [6.07, 6.45) is 3.99. The zero-order valence-electron chi connectivity index (χ0n) is 22.0. The molecule has 0 saturated heterocycles. The van der Waals surface area contributed by atoms with Crippen molar-refractivity contribution < 1.29 is 42.9 Å². The molecule has 0 aliphatic heterocycles. The number of aryl methyl sites for hydroxylation is 1. The van der Waals surface area contributed by atoms with Gasteiger partial charge in [0.05, 0.1) is 23.5 Å². The van der Waals surface area contributed by atoms with E-state index >= 15 is 0 Å². The number of benzene rings is 3. The predicted molar refractivity (Wildman–Crippen MR) is 162 cm³/mol. The highest BCUT2D eigenvalue weighted by molar-refractivity contribution is 9.10. The van der Waals surface area contributed by atoms with Gasteiger partial charge in [-0.15, -0.1) is 23.1 Å². The van der Waals surface area contributed by atoms with Crippen LogP contribution in [-0.4, -0.2) is 18.4 Å². The highest BCUT2D eigenvalue weighted by atomic mass is 127. The van der Waals surface area contributed by atoms with Crippen LogP contribution in [0.3, 0.4) is 0 Å². The molecule has 0 aliphatic rings. The summed E-state index contributed by atoms with van der Waals surface area (Å²) in [6.45, 7) is 4.12. The Morgan fingerprint density at radius 1 is 0.950 bits per heavy atom. The number of halogens is 2. The van der Waals surface area contributed by atoms with Crippen LogP contribution in [0, 0.1) is 6.92 Å². The molecule has 4 nitrogen and oxygen atoms in total. The van der Waals surface area contributed by atoms with E-state index in [9.17, 15) is 9.59 Å². The summed E-state index contributed by atoms with van der Waals surface area (Å²) in [7, 11) is 0. The highest BCUT2D eigenvalue weighted by Gasteiger charge is 2.31. The zero-order valence-corrected chi connectivity index (χ0v) is 27.4. The zero-order chi connectivity index (χ0) is 27.4. The van der Waals surface area contributed by atoms with E-state index in [0.29, 0.717) is 16.0 Å². The van der Waals surface area contributed by atoms with Crippen molar-refractivity contribution in [2.45, 2.75) is 30.2 Å². The fourth-order valence-electron chi connectivity index (χ4n) is 4.36. The van der Waals surface area contributed by atoms with Gasteiger partial charge in [0.25, 0.3) is 0 Å². The molecule has 0 atom stereocenters. The molecule has 0 amide bonds. The summed E-state index contributed by atoms with van der Waals surface area (Å²) in [5.41, 5.74) is 4.46. The highest BCUT2D eigenvalue weighted by Crippen LogP contribution is 2.40. The van der Waals surface area contributed by atoms with Crippen LogP contribution in [0.2, 0.25) is 0 Å². The lowest BCUT2D eigenvalue weighted by atomic mass is 10.0. The average Bonchev–Trinajstić information content (AvgIpc) is 3.30. The Kier molecular flexibility index (Phi) is 10.6. The number of ether oxygens (including phenoxy) is 1. The Balaban J connectivity index is 0.00000370. The molecule has 0 radical (unpaired) electrons. The van der Waals surface area contributed by atoms with Crippen LogP contribution >= 0.6 is 39.0 Å². The third-order valence-electron chi connectivity index (χ3n) is 6.33. The van der Waals surface area contributed by atoms with Crippen molar-refractivity contribution in [1.82, 2.24) is 0 Å². The number of ketones is 1. The standard InChI is InChI=1S/C32H27BrNO3S2.HI/c1-3-37-28(35)19-27-29(34-16-14-21(2)15-17-34)32(39-31(27)30(36)24-10-12-26(33)13-11-24)38-20-22-8-9-23-6-4-5-7-25(23)18-22;/h4-18H,3,19-20H2,1-2H3;1H/q+1;/p-1. The summed E-state index contributed by atoms with van der Waals surface area (Å²) in [6, 6.07) is 26.2. The van der Waals surface area contributed by atoms with Crippen LogP contribution in [0.1, 0.15) is 38.8 Å².